The number of aliphatic hydroxyl groups excluding tert-OH is 3. The first-order valence-corrected chi connectivity index (χ1v) is 11.3. The molecule has 4 rings (SSSR count). The van der Waals surface area contributed by atoms with Gasteiger partial charge in [0, 0.05) is 15.8 Å². The van der Waals surface area contributed by atoms with Gasteiger partial charge in [0.1, 0.15) is 47.4 Å². The number of aliphatic hydroxyl groups is 3. The van der Waals surface area contributed by atoms with Crippen LogP contribution in [-0.4, -0.2) is 60.7 Å². The number of rotatable bonds is 5. The standard InChI is InChI=1S/C19H16ClFN4O4S2/c20-11-4-15(12(21)3-10(11)5-22)31-19-18(28)16(17(27)14(7-26)29-19)25-6-13(23-24-25)9-1-2-30-8-9/h1-4,6,8,14,16-19,26-28H,7H2/t14-,16+,17+,18-,19-/m1/s1. The molecule has 3 heterocycles. The van der Waals surface area contributed by atoms with E-state index in [1.54, 1.807) is 12.3 Å². The van der Waals surface area contributed by atoms with E-state index in [1.807, 2.05) is 16.8 Å². The van der Waals surface area contributed by atoms with Crippen LogP contribution in [-0.2, 0) is 4.74 Å². The minimum absolute atomic E-state index is 0.0151. The van der Waals surface area contributed by atoms with Crippen LogP contribution in [0.15, 0.2) is 40.1 Å². The summed E-state index contributed by atoms with van der Waals surface area (Å²) in [7, 11) is 0. The lowest BCUT2D eigenvalue weighted by Gasteiger charge is -2.41. The van der Waals surface area contributed by atoms with Gasteiger partial charge in [-0.3, -0.25) is 0 Å². The highest BCUT2D eigenvalue weighted by atomic mass is 35.5. The Hall–Kier alpha value is -2.04. The van der Waals surface area contributed by atoms with Gasteiger partial charge in [-0.1, -0.05) is 28.6 Å². The largest absolute Gasteiger partial charge is 0.394 e. The highest BCUT2D eigenvalue weighted by Gasteiger charge is 2.46. The van der Waals surface area contributed by atoms with E-state index in [9.17, 15) is 19.7 Å². The summed E-state index contributed by atoms with van der Waals surface area (Å²) in [4.78, 5) is 0.0532. The number of thiophene rings is 1. The van der Waals surface area contributed by atoms with E-state index in [-0.39, 0.29) is 15.5 Å². The van der Waals surface area contributed by atoms with Crippen molar-refractivity contribution < 1.29 is 24.4 Å². The molecular formula is C19H16ClFN4O4S2. The van der Waals surface area contributed by atoms with E-state index in [4.69, 9.17) is 21.6 Å². The summed E-state index contributed by atoms with van der Waals surface area (Å²) in [5, 5.41) is 52.2. The fourth-order valence-corrected chi connectivity index (χ4v) is 5.30. The number of benzene rings is 1. The SMILES string of the molecule is N#Cc1cc(F)c(S[C@H]2O[C@H](CO)[C@H](O)[C@H](n3cc(-c4ccsc4)nn3)[C@H]2O)cc1Cl. The van der Waals surface area contributed by atoms with Crippen molar-refractivity contribution >= 4 is 34.7 Å². The molecule has 3 N–H and O–H groups in total. The summed E-state index contributed by atoms with van der Waals surface area (Å²) >= 11 is 8.33. The fraction of sp³-hybridized carbons (Fsp3) is 0.316. The number of halogens is 2. The Kier molecular flexibility index (Phi) is 6.59. The molecule has 8 nitrogen and oxygen atoms in total. The average Bonchev–Trinajstić information content (AvgIpc) is 3.44. The Labute approximate surface area is 189 Å². The zero-order valence-electron chi connectivity index (χ0n) is 15.7. The van der Waals surface area contributed by atoms with Crippen LogP contribution in [0.3, 0.4) is 0 Å². The molecule has 2 aromatic heterocycles. The molecule has 5 atom stereocenters. The van der Waals surface area contributed by atoms with Crippen LogP contribution >= 0.6 is 34.7 Å². The Morgan fingerprint density at radius 2 is 2.16 bits per heavy atom. The lowest BCUT2D eigenvalue weighted by atomic mass is 9.97. The van der Waals surface area contributed by atoms with Gasteiger partial charge in [-0.25, -0.2) is 9.07 Å². The summed E-state index contributed by atoms with van der Waals surface area (Å²) in [6, 6.07) is 4.93. The molecule has 1 aromatic carbocycles. The van der Waals surface area contributed by atoms with Crippen molar-refractivity contribution in [3.8, 4) is 17.3 Å². The molecule has 31 heavy (non-hydrogen) atoms. The lowest BCUT2D eigenvalue weighted by Crippen LogP contribution is -2.55. The van der Waals surface area contributed by atoms with Crippen LogP contribution in [0.4, 0.5) is 4.39 Å². The molecule has 0 radical (unpaired) electrons. The Morgan fingerprint density at radius 1 is 1.35 bits per heavy atom. The molecule has 0 unspecified atom stereocenters. The molecule has 0 saturated carbocycles. The predicted molar refractivity (Wildman–Crippen MR) is 112 cm³/mol. The molecule has 162 valence electrons. The smallest absolute Gasteiger partial charge is 0.138 e. The maximum atomic E-state index is 14.4. The summed E-state index contributed by atoms with van der Waals surface area (Å²) in [6.07, 6.45) is -2.08. The van der Waals surface area contributed by atoms with E-state index in [2.05, 4.69) is 10.3 Å². The van der Waals surface area contributed by atoms with Crippen molar-refractivity contribution in [2.24, 2.45) is 0 Å². The van der Waals surface area contributed by atoms with Gasteiger partial charge in [-0.2, -0.15) is 16.6 Å². The summed E-state index contributed by atoms with van der Waals surface area (Å²) < 4.78 is 21.4. The van der Waals surface area contributed by atoms with Crippen LogP contribution in [0.5, 0.6) is 0 Å². The number of thioether (sulfide) groups is 1. The topological polar surface area (TPSA) is 124 Å². The van der Waals surface area contributed by atoms with E-state index < -0.39 is 42.2 Å². The number of aromatic nitrogens is 3. The Bertz CT molecular complexity index is 1110. The normalized spacial score (nSPS) is 26.0. The van der Waals surface area contributed by atoms with Crippen LogP contribution in [0.25, 0.3) is 11.3 Å². The molecule has 0 bridgehead atoms. The Morgan fingerprint density at radius 3 is 2.84 bits per heavy atom. The maximum Gasteiger partial charge on any atom is 0.138 e. The van der Waals surface area contributed by atoms with E-state index in [1.165, 1.54) is 22.1 Å². The fourth-order valence-electron chi connectivity index (χ4n) is 3.27. The minimum Gasteiger partial charge on any atom is -0.394 e. The van der Waals surface area contributed by atoms with Gasteiger partial charge in [0.25, 0.3) is 0 Å². The molecule has 0 spiro atoms. The van der Waals surface area contributed by atoms with Gasteiger partial charge >= 0.3 is 0 Å². The quantitative estimate of drug-likeness (QED) is 0.506. The third kappa shape index (κ3) is 4.33. The number of nitrogens with zero attached hydrogens (tertiary/aromatic N) is 4. The molecule has 12 heteroatoms. The van der Waals surface area contributed by atoms with Crippen molar-refractivity contribution in [1.29, 1.82) is 5.26 Å². The predicted octanol–water partition coefficient (Wildman–Crippen LogP) is 2.44. The van der Waals surface area contributed by atoms with Gasteiger partial charge < -0.3 is 20.1 Å². The molecule has 3 aromatic rings. The number of hydrogen-bond acceptors (Lipinski definition) is 9. The average molecular weight is 483 g/mol. The lowest BCUT2D eigenvalue weighted by molar-refractivity contribution is -0.178. The van der Waals surface area contributed by atoms with E-state index in [0.717, 1.165) is 23.4 Å². The second-order valence-electron chi connectivity index (χ2n) is 6.79. The van der Waals surface area contributed by atoms with Crippen molar-refractivity contribution in [2.75, 3.05) is 6.61 Å². The van der Waals surface area contributed by atoms with Gasteiger partial charge in [-0.15, -0.1) is 5.10 Å². The van der Waals surface area contributed by atoms with Crippen LogP contribution in [0.1, 0.15) is 11.6 Å². The first-order chi connectivity index (χ1) is 14.9. The number of nitriles is 1. The summed E-state index contributed by atoms with van der Waals surface area (Å²) in [5.74, 6) is -0.703. The van der Waals surface area contributed by atoms with Crippen molar-refractivity contribution in [3.05, 3.63) is 51.6 Å². The van der Waals surface area contributed by atoms with Crippen molar-refractivity contribution in [3.63, 3.8) is 0 Å². The second-order valence-corrected chi connectivity index (χ2v) is 9.11. The molecule has 1 saturated heterocycles. The van der Waals surface area contributed by atoms with E-state index in [0.29, 0.717) is 5.69 Å². The van der Waals surface area contributed by atoms with Gasteiger partial charge in [0.15, 0.2) is 0 Å². The molecule has 0 amide bonds. The van der Waals surface area contributed by atoms with Gasteiger partial charge in [0.2, 0.25) is 0 Å². The van der Waals surface area contributed by atoms with Crippen molar-refractivity contribution in [2.45, 2.75) is 34.7 Å². The minimum atomic E-state index is -1.33. The first-order valence-electron chi connectivity index (χ1n) is 9.05. The zero-order valence-corrected chi connectivity index (χ0v) is 18.1. The second kappa shape index (κ2) is 9.22. The van der Waals surface area contributed by atoms with E-state index >= 15 is 0 Å². The molecule has 1 aliphatic rings. The monoisotopic (exact) mass is 482 g/mol. The van der Waals surface area contributed by atoms with Crippen LogP contribution < -0.4 is 0 Å². The number of ether oxygens (including phenoxy) is 1. The highest BCUT2D eigenvalue weighted by Crippen LogP contribution is 2.40. The van der Waals surface area contributed by atoms with Gasteiger partial charge in [0.05, 0.1) is 23.4 Å². The summed E-state index contributed by atoms with van der Waals surface area (Å²) in [6.45, 7) is -0.524. The van der Waals surface area contributed by atoms with Gasteiger partial charge in [-0.05, 0) is 23.6 Å². The molecule has 1 aliphatic heterocycles. The number of hydrogen-bond donors (Lipinski definition) is 3. The summed E-state index contributed by atoms with van der Waals surface area (Å²) in [5.41, 5.74) is 0.324. The zero-order chi connectivity index (χ0) is 22.1. The van der Waals surface area contributed by atoms with Crippen LogP contribution in [0, 0.1) is 17.1 Å². The first kappa shape index (κ1) is 22.2. The third-order valence-corrected chi connectivity index (χ3v) is 7.05. The maximum absolute atomic E-state index is 14.4. The van der Waals surface area contributed by atoms with Crippen LogP contribution in [0.2, 0.25) is 5.02 Å². The third-order valence-electron chi connectivity index (χ3n) is 4.87. The van der Waals surface area contributed by atoms with Crippen molar-refractivity contribution in [1.82, 2.24) is 15.0 Å². The molecule has 1 fully saturated rings. The highest BCUT2D eigenvalue weighted by molar-refractivity contribution is 7.99. The Balaban J connectivity index is 1.63. The molecule has 0 aliphatic carbocycles. The molecular weight excluding hydrogens is 467 g/mol.